The minimum atomic E-state index is -3.53. The Morgan fingerprint density at radius 3 is 2.33 bits per heavy atom. The highest BCUT2D eigenvalue weighted by molar-refractivity contribution is 7.89. The summed E-state index contributed by atoms with van der Waals surface area (Å²) in [5, 5.41) is 0. The molecule has 0 saturated heterocycles. The third-order valence-electron chi connectivity index (χ3n) is 4.82. The van der Waals surface area contributed by atoms with Crippen molar-refractivity contribution in [3.63, 3.8) is 0 Å². The highest BCUT2D eigenvalue weighted by atomic mass is 32.2. The summed E-state index contributed by atoms with van der Waals surface area (Å²) < 4.78 is 27.1. The first-order valence-electron chi connectivity index (χ1n) is 8.74. The van der Waals surface area contributed by atoms with Crippen LogP contribution in [0.2, 0.25) is 0 Å². The van der Waals surface area contributed by atoms with Gasteiger partial charge in [0.25, 0.3) is 5.91 Å². The van der Waals surface area contributed by atoms with Crippen LogP contribution in [0.3, 0.4) is 0 Å². The van der Waals surface area contributed by atoms with E-state index in [0.29, 0.717) is 11.6 Å². The van der Waals surface area contributed by atoms with Crippen LogP contribution in [0.25, 0.3) is 0 Å². The first-order chi connectivity index (χ1) is 11.3. The molecule has 0 heterocycles. The molecule has 24 heavy (non-hydrogen) atoms. The van der Waals surface area contributed by atoms with Gasteiger partial charge in [-0.1, -0.05) is 26.2 Å². The fraction of sp³-hybridized carbons (Fsp3) is 0.611. The van der Waals surface area contributed by atoms with Gasteiger partial charge in [0.15, 0.2) is 0 Å². The van der Waals surface area contributed by atoms with Crippen molar-refractivity contribution < 1.29 is 13.2 Å². The van der Waals surface area contributed by atoms with Crippen molar-refractivity contribution in [1.29, 1.82) is 0 Å². The van der Waals surface area contributed by atoms with E-state index in [0.717, 1.165) is 19.3 Å². The van der Waals surface area contributed by atoms with Gasteiger partial charge in [0, 0.05) is 24.7 Å². The molecule has 0 spiro atoms. The average Bonchev–Trinajstić information content (AvgIpc) is 2.61. The van der Waals surface area contributed by atoms with Crippen LogP contribution < -0.4 is 4.72 Å². The second-order valence-corrected chi connectivity index (χ2v) is 8.38. The molecular formula is C18H28N2O3S. The van der Waals surface area contributed by atoms with Crippen molar-refractivity contribution in [2.45, 2.75) is 69.4 Å². The summed E-state index contributed by atoms with van der Waals surface area (Å²) >= 11 is 0. The molecule has 0 aliphatic heterocycles. The lowest BCUT2D eigenvalue weighted by Crippen LogP contribution is -2.38. The summed E-state index contributed by atoms with van der Waals surface area (Å²) in [6.45, 7) is 3.75. The third-order valence-corrected chi connectivity index (χ3v) is 6.43. The monoisotopic (exact) mass is 352 g/mol. The number of nitrogens with one attached hydrogen (secondary N) is 1. The molecule has 1 unspecified atom stereocenters. The van der Waals surface area contributed by atoms with E-state index in [1.807, 2.05) is 20.9 Å². The quantitative estimate of drug-likeness (QED) is 0.855. The maximum atomic E-state index is 12.6. The van der Waals surface area contributed by atoms with Crippen molar-refractivity contribution >= 4 is 15.9 Å². The van der Waals surface area contributed by atoms with Crippen molar-refractivity contribution in [2.24, 2.45) is 0 Å². The van der Waals surface area contributed by atoms with Crippen LogP contribution in [0.1, 0.15) is 62.7 Å². The number of carbonyl (C=O) groups is 1. The average molecular weight is 353 g/mol. The molecule has 1 saturated carbocycles. The van der Waals surface area contributed by atoms with Crippen LogP contribution in [0.5, 0.6) is 0 Å². The number of carbonyl (C=O) groups excluding carboxylic acids is 1. The van der Waals surface area contributed by atoms with Crippen molar-refractivity contribution in [2.75, 3.05) is 7.05 Å². The van der Waals surface area contributed by atoms with Crippen LogP contribution in [0, 0.1) is 0 Å². The summed E-state index contributed by atoms with van der Waals surface area (Å²) in [4.78, 5) is 14.6. The first-order valence-corrected chi connectivity index (χ1v) is 10.2. The zero-order valence-corrected chi connectivity index (χ0v) is 15.6. The minimum Gasteiger partial charge on any atom is -0.339 e. The van der Waals surface area contributed by atoms with Gasteiger partial charge >= 0.3 is 0 Å². The van der Waals surface area contributed by atoms with Gasteiger partial charge in [-0.2, -0.15) is 0 Å². The molecule has 6 heteroatoms. The second-order valence-electron chi connectivity index (χ2n) is 6.66. The lowest BCUT2D eigenvalue weighted by molar-refractivity contribution is 0.0696. The molecular weight excluding hydrogens is 324 g/mol. The van der Waals surface area contributed by atoms with E-state index in [9.17, 15) is 13.2 Å². The number of sulfonamides is 1. The normalized spacial score (nSPS) is 17.5. The molecule has 134 valence electrons. The second kappa shape index (κ2) is 8.12. The fourth-order valence-corrected chi connectivity index (χ4v) is 4.36. The summed E-state index contributed by atoms with van der Waals surface area (Å²) in [6, 6.07) is 6.40. The van der Waals surface area contributed by atoms with E-state index in [4.69, 9.17) is 0 Å². The maximum Gasteiger partial charge on any atom is 0.253 e. The molecule has 0 bridgehead atoms. The molecule has 0 aromatic heterocycles. The van der Waals surface area contributed by atoms with Crippen molar-refractivity contribution in [3.8, 4) is 0 Å². The van der Waals surface area contributed by atoms with E-state index in [2.05, 4.69) is 4.72 Å². The molecule has 1 aliphatic carbocycles. The third kappa shape index (κ3) is 4.57. The highest BCUT2D eigenvalue weighted by Gasteiger charge is 2.23. The van der Waals surface area contributed by atoms with Gasteiger partial charge in [-0.3, -0.25) is 4.79 Å². The van der Waals surface area contributed by atoms with E-state index in [1.165, 1.54) is 31.4 Å². The van der Waals surface area contributed by atoms with Crippen molar-refractivity contribution in [3.05, 3.63) is 29.8 Å². The van der Waals surface area contributed by atoms with E-state index < -0.39 is 10.0 Å². The Morgan fingerprint density at radius 1 is 1.21 bits per heavy atom. The van der Waals surface area contributed by atoms with Gasteiger partial charge in [0.2, 0.25) is 10.0 Å². The number of amides is 1. The number of hydrogen-bond acceptors (Lipinski definition) is 3. The summed E-state index contributed by atoms with van der Waals surface area (Å²) in [7, 11) is -1.69. The standard InChI is InChI=1S/C18H28N2O3S/c1-4-14(2)19-24(22,23)17-12-10-15(11-13-17)18(21)20(3)16-8-6-5-7-9-16/h10-14,16,19H,4-9H2,1-3H3. The van der Waals surface area contributed by atoms with Crippen LogP contribution in [0.15, 0.2) is 29.2 Å². The van der Waals surface area contributed by atoms with Crippen LogP contribution in [0.4, 0.5) is 0 Å². The van der Waals surface area contributed by atoms with E-state index >= 15 is 0 Å². The molecule has 1 N–H and O–H groups in total. The molecule has 1 atom stereocenters. The van der Waals surface area contributed by atoms with E-state index in [-0.39, 0.29) is 16.8 Å². The van der Waals surface area contributed by atoms with Crippen molar-refractivity contribution in [1.82, 2.24) is 9.62 Å². The first kappa shape index (κ1) is 18.9. The van der Waals surface area contributed by atoms with Gasteiger partial charge in [0.05, 0.1) is 4.90 Å². The molecule has 2 rings (SSSR count). The molecule has 1 aromatic carbocycles. The molecule has 0 radical (unpaired) electrons. The smallest absolute Gasteiger partial charge is 0.253 e. The predicted octanol–water partition coefficient (Wildman–Crippen LogP) is 3.17. The maximum absolute atomic E-state index is 12.6. The Labute approximate surface area is 145 Å². The summed E-state index contributed by atoms with van der Waals surface area (Å²) in [5.41, 5.74) is 0.533. The van der Waals surface area contributed by atoms with Crippen LogP contribution >= 0.6 is 0 Å². The fourth-order valence-electron chi connectivity index (χ4n) is 3.03. The Kier molecular flexibility index (Phi) is 6.40. The molecule has 1 fully saturated rings. The molecule has 1 amide bonds. The number of hydrogen-bond donors (Lipinski definition) is 1. The topological polar surface area (TPSA) is 66.5 Å². The van der Waals surface area contributed by atoms with Gasteiger partial charge in [-0.25, -0.2) is 13.1 Å². The zero-order valence-electron chi connectivity index (χ0n) is 14.8. The predicted molar refractivity (Wildman–Crippen MR) is 95.5 cm³/mol. The largest absolute Gasteiger partial charge is 0.339 e. The summed E-state index contributed by atoms with van der Waals surface area (Å²) in [6.07, 6.45) is 6.40. The lowest BCUT2D eigenvalue weighted by atomic mass is 9.94. The van der Waals surface area contributed by atoms with Crippen LogP contribution in [-0.2, 0) is 10.0 Å². The zero-order chi connectivity index (χ0) is 17.7. The molecule has 1 aliphatic rings. The van der Waals surface area contributed by atoms with Gasteiger partial charge in [0.1, 0.15) is 0 Å². The van der Waals surface area contributed by atoms with Crippen LogP contribution in [-0.4, -0.2) is 38.4 Å². The number of nitrogens with zero attached hydrogens (tertiary/aromatic N) is 1. The van der Waals surface area contributed by atoms with E-state index in [1.54, 1.807) is 17.0 Å². The SMILES string of the molecule is CCC(C)NS(=O)(=O)c1ccc(C(=O)N(C)C2CCCCC2)cc1. The Bertz CT molecular complexity index is 649. The minimum absolute atomic E-state index is 0.0410. The van der Waals surface area contributed by atoms with Gasteiger partial charge < -0.3 is 4.90 Å². The number of benzene rings is 1. The molecule has 5 nitrogen and oxygen atoms in total. The summed E-state index contributed by atoms with van der Waals surface area (Å²) in [5.74, 6) is -0.0410. The Morgan fingerprint density at radius 2 is 1.79 bits per heavy atom. The lowest BCUT2D eigenvalue weighted by Gasteiger charge is -2.31. The molecule has 1 aromatic rings. The Balaban J connectivity index is 2.09. The van der Waals surface area contributed by atoms with Gasteiger partial charge in [-0.15, -0.1) is 0 Å². The van der Waals surface area contributed by atoms with Gasteiger partial charge in [-0.05, 0) is 50.5 Å². The number of rotatable bonds is 6. The Hall–Kier alpha value is -1.40. The highest BCUT2D eigenvalue weighted by Crippen LogP contribution is 2.23.